The summed E-state index contributed by atoms with van der Waals surface area (Å²) in [4.78, 5) is 37.6. The first-order valence-corrected chi connectivity index (χ1v) is 30.8. The van der Waals surface area contributed by atoms with Crippen LogP contribution in [0.15, 0.2) is 72.9 Å². The molecule has 412 valence electrons. The molecule has 0 rings (SSSR count). The Morgan fingerprint density at radius 2 is 0.915 bits per heavy atom. The predicted octanol–water partition coefficient (Wildman–Crippen LogP) is 17.7. The average Bonchev–Trinajstić information content (AvgIpc) is 3.33. The summed E-state index contributed by atoms with van der Waals surface area (Å²) in [6.45, 7) is 6.87. The normalized spacial score (nSPS) is 14.3. The minimum absolute atomic E-state index is 0.0304. The van der Waals surface area contributed by atoms with Gasteiger partial charge in [0.05, 0.1) is 33.8 Å². The van der Waals surface area contributed by atoms with Crippen LogP contribution >= 0.6 is 7.82 Å². The molecule has 10 heteroatoms. The summed E-state index contributed by atoms with van der Waals surface area (Å²) in [6.07, 6.45) is 64.7. The van der Waals surface area contributed by atoms with E-state index in [-0.39, 0.29) is 31.5 Å². The summed E-state index contributed by atoms with van der Waals surface area (Å²) >= 11 is 0. The molecule has 3 unspecified atom stereocenters. The summed E-state index contributed by atoms with van der Waals surface area (Å²) < 4.78 is 30.6. The van der Waals surface area contributed by atoms with Gasteiger partial charge in [0.25, 0.3) is 0 Å². The molecule has 1 amide bonds. The highest BCUT2D eigenvalue weighted by Gasteiger charge is 2.30. The fraction of sp³-hybridized carbons (Fsp3) is 0.770. The number of allylic oxidation sites excluding steroid dienone is 11. The van der Waals surface area contributed by atoms with Crippen molar-refractivity contribution in [2.45, 2.75) is 264 Å². The Labute approximate surface area is 438 Å². The van der Waals surface area contributed by atoms with Gasteiger partial charge in [-0.1, -0.05) is 242 Å². The van der Waals surface area contributed by atoms with E-state index in [2.05, 4.69) is 86.8 Å². The van der Waals surface area contributed by atoms with Gasteiger partial charge in [-0.15, -0.1) is 0 Å². The number of carbonyl (C=O) groups excluding carboxylic acids is 2. The van der Waals surface area contributed by atoms with Gasteiger partial charge in [0, 0.05) is 12.8 Å². The van der Waals surface area contributed by atoms with Gasteiger partial charge < -0.3 is 19.4 Å². The smallest absolute Gasteiger partial charge is 0.456 e. The molecule has 0 aromatic carbocycles. The minimum Gasteiger partial charge on any atom is -0.456 e. The first-order chi connectivity index (χ1) is 34.4. The number of rotatable bonds is 52. The number of amides is 1. The summed E-state index contributed by atoms with van der Waals surface area (Å²) in [6, 6.07) is -0.871. The molecule has 0 spiro atoms. The number of unbranched alkanes of at least 4 members (excludes halogenated alkanes) is 26. The Bertz CT molecular complexity index is 1450. The van der Waals surface area contributed by atoms with Crippen LogP contribution in [0.2, 0.25) is 0 Å². The summed E-state index contributed by atoms with van der Waals surface area (Å²) in [7, 11) is 1.46. The average molecular weight is 1020 g/mol. The fourth-order valence-corrected chi connectivity index (χ4v) is 8.89. The molecule has 0 saturated heterocycles. The lowest BCUT2D eigenvalue weighted by Gasteiger charge is -2.27. The van der Waals surface area contributed by atoms with Crippen LogP contribution in [0.4, 0.5) is 0 Å². The van der Waals surface area contributed by atoms with Crippen molar-refractivity contribution in [2.24, 2.45) is 0 Å². The van der Waals surface area contributed by atoms with Crippen LogP contribution in [-0.2, 0) is 27.9 Å². The van der Waals surface area contributed by atoms with E-state index < -0.39 is 20.0 Å². The van der Waals surface area contributed by atoms with Crippen molar-refractivity contribution in [2.75, 3.05) is 40.9 Å². The Morgan fingerprint density at radius 1 is 0.507 bits per heavy atom. The molecular formula is C61H112N2O7P+. The van der Waals surface area contributed by atoms with E-state index in [9.17, 15) is 19.0 Å². The second-order valence-electron chi connectivity index (χ2n) is 20.8. The number of carbonyl (C=O) groups is 2. The van der Waals surface area contributed by atoms with Gasteiger partial charge in [-0.05, 0) is 70.3 Å². The topological polar surface area (TPSA) is 111 Å². The first-order valence-electron chi connectivity index (χ1n) is 29.3. The van der Waals surface area contributed by atoms with Gasteiger partial charge in [-0.3, -0.25) is 18.6 Å². The number of quaternary nitrogens is 1. The molecule has 9 nitrogen and oxygen atoms in total. The van der Waals surface area contributed by atoms with Crippen LogP contribution < -0.4 is 5.32 Å². The third-order valence-electron chi connectivity index (χ3n) is 12.7. The number of ether oxygens (including phenoxy) is 1. The largest absolute Gasteiger partial charge is 0.472 e. The summed E-state index contributed by atoms with van der Waals surface area (Å²) in [5.74, 6) is -0.569. The Hall–Kier alpha value is -2.55. The third-order valence-corrected chi connectivity index (χ3v) is 13.6. The van der Waals surface area contributed by atoms with Crippen LogP contribution in [-0.4, -0.2) is 74.3 Å². The van der Waals surface area contributed by atoms with E-state index in [4.69, 9.17) is 13.8 Å². The molecule has 3 atom stereocenters. The number of hydrogen-bond acceptors (Lipinski definition) is 6. The molecule has 0 aromatic heterocycles. The second kappa shape index (κ2) is 51.0. The summed E-state index contributed by atoms with van der Waals surface area (Å²) in [5.41, 5.74) is 0. The van der Waals surface area contributed by atoms with Crippen molar-refractivity contribution >= 4 is 19.7 Å². The van der Waals surface area contributed by atoms with Crippen molar-refractivity contribution in [3.8, 4) is 0 Å². The highest BCUT2D eigenvalue weighted by atomic mass is 31.2. The van der Waals surface area contributed by atoms with Crippen LogP contribution in [0.1, 0.15) is 252 Å². The zero-order chi connectivity index (χ0) is 52.2. The second-order valence-corrected chi connectivity index (χ2v) is 22.2. The molecule has 0 saturated carbocycles. The van der Waals surface area contributed by atoms with Crippen molar-refractivity contribution in [1.29, 1.82) is 0 Å². The number of hydrogen-bond donors (Lipinski definition) is 2. The molecule has 0 bridgehead atoms. The molecular weight excluding hydrogens is 904 g/mol. The van der Waals surface area contributed by atoms with Crippen molar-refractivity contribution < 1.29 is 37.3 Å². The molecule has 0 aromatic rings. The number of nitrogens with zero attached hydrogens (tertiary/aromatic N) is 1. The van der Waals surface area contributed by atoms with Crippen molar-refractivity contribution in [1.82, 2.24) is 5.32 Å². The molecule has 2 N–H and O–H groups in total. The quantitative estimate of drug-likeness (QED) is 0.0205. The molecule has 0 aliphatic rings. The lowest BCUT2D eigenvalue weighted by Crippen LogP contribution is -2.47. The van der Waals surface area contributed by atoms with E-state index in [1.807, 2.05) is 33.3 Å². The lowest BCUT2D eigenvalue weighted by molar-refractivity contribution is -0.870. The van der Waals surface area contributed by atoms with Gasteiger partial charge in [-0.25, -0.2) is 4.57 Å². The molecule has 0 fully saturated rings. The van der Waals surface area contributed by atoms with E-state index in [1.165, 1.54) is 135 Å². The Morgan fingerprint density at radius 3 is 1.37 bits per heavy atom. The highest BCUT2D eigenvalue weighted by molar-refractivity contribution is 7.47. The minimum atomic E-state index is -4.46. The standard InChI is InChI=1S/C61H111N2O7P/c1-7-10-13-16-19-22-25-28-30-31-33-36-39-42-45-48-51-54-61(65)70-59(52-49-46-43-40-37-34-27-24-21-18-15-12-9-3)58(57-69-71(66,67)68-56-55-63(4,5)6)62-60(64)53-50-47-44-41-38-35-32-29-26-23-20-17-14-11-8-2/h10,13,19,22,28,30,33,36,42,45,49,52,58-59H,7-9,11-12,14-18,20-21,23-27,29,31-32,34-35,37-41,43-44,46-48,50-51,53-57H2,1-6H3,(H-,62,64,66,67)/p+1/b13-10-,22-19-,30-28-,36-33-,45-42-,52-49+. The van der Waals surface area contributed by atoms with E-state index in [1.54, 1.807) is 0 Å². The molecule has 0 aliphatic carbocycles. The van der Waals surface area contributed by atoms with Crippen LogP contribution in [0.25, 0.3) is 0 Å². The third kappa shape index (κ3) is 52.1. The van der Waals surface area contributed by atoms with Gasteiger partial charge in [0.15, 0.2) is 0 Å². The fourth-order valence-electron chi connectivity index (χ4n) is 8.15. The van der Waals surface area contributed by atoms with Gasteiger partial charge in [0.1, 0.15) is 19.3 Å². The van der Waals surface area contributed by atoms with Gasteiger partial charge in [0.2, 0.25) is 5.91 Å². The van der Waals surface area contributed by atoms with E-state index >= 15 is 0 Å². The Balaban J connectivity index is 5.45. The predicted molar refractivity (Wildman–Crippen MR) is 305 cm³/mol. The number of likely N-dealkylation sites (N-methyl/N-ethyl adjacent to an activating group) is 1. The number of nitrogens with one attached hydrogen (secondary N) is 1. The van der Waals surface area contributed by atoms with Gasteiger partial charge >= 0.3 is 13.8 Å². The number of phosphoric acid groups is 1. The van der Waals surface area contributed by atoms with E-state index in [0.29, 0.717) is 23.9 Å². The zero-order valence-corrected chi connectivity index (χ0v) is 47.8. The van der Waals surface area contributed by atoms with Crippen molar-refractivity contribution in [3.63, 3.8) is 0 Å². The summed E-state index contributed by atoms with van der Waals surface area (Å²) in [5, 5.41) is 3.04. The van der Waals surface area contributed by atoms with E-state index in [0.717, 1.165) is 77.0 Å². The van der Waals surface area contributed by atoms with Crippen LogP contribution in [0.3, 0.4) is 0 Å². The van der Waals surface area contributed by atoms with Crippen molar-refractivity contribution in [3.05, 3.63) is 72.9 Å². The van der Waals surface area contributed by atoms with Crippen LogP contribution in [0, 0.1) is 0 Å². The SMILES string of the molecule is CC/C=C\C/C=C\C/C=C\C/C=C\C/C=C\CCCC(=O)OC(/C=C/CCCCCCCCCCCCC)C(COP(=O)(O)OCC[N+](C)(C)C)NC(=O)CCCCCCCCCCCCCCCCC. The molecule has 0 heterocycles. The lowest BCUT2D eigenvalue weighted by atomic mass is 10.0. The zero-order valence-electron chi connectivity index (χ0n) is 47.0. The maximum absolute atomic E-state index is 13.5. The first kappa shape index (κ1) is 68.5. The number of esters is 1. The molecule has 71 heavy (non-hydrogen) atoms. The van der Waals surface area contributed by atoms with Gasteiger partial charge in [-0.2, -0.15) is 0 Å². The van der Waals surface area contributed by atoms with Crippen LogP contribution in [0.5, 0.6) is 0 Å². The monoisotopic (exact) mass is 1020 g/mol. The molecule has 0 aliphatic heterocycles. The Kier molecular flexibility index (Phi) is 49.1. The number of phosphoric ester groups is 1. The molecule has 0 radical (unpaired) electrons. The highest BCUT2D eigenvalue weighted by Crippen LogP contribution is 2.43. The maximum Gasteiger partial charge on any atom is 0.472 e. The maximum atomic E-state index is 13.5.